The van der Waals surface area contributed by atoms with Gasteiger partial charge in [-0.15, -0.1) is 11.3 Å². The molecule has 0 aromatic carbocycles. The minimum atomic E-state index is -0.397. The molecule has 1 N–H and O–H groups in total. The van der Waals surface area contributed by atoms with E-state index >= 15 is 0 Å². The Morgan fingerprint density at radius 2 is 2.42 bits per heavy atom. The van der Waals surface area contributed by atoms with E-state index < -0.39 is 5.91 Å². The maximum absolute atomic E-state index is 11.9. The fourth-order valence-electron chi connectivity index (χ4n) is 1.49. The summed E-state index contributed by atoms with van der Waals surface area (Å²) < 4.78 is 5.11. The molecule has 2 aromatic heterocycles. The van der Waals surface area contributed by atoms with Crippen molar-refractivity contribution in [2.75, 3.05) is 0 Å². The highest BCUT2D eigenvalue weighted by atomic mass is 32.1. The molecule has 0 aliphatic carbocycles. The largest absolute Gasteiger partial charge is 0.467 e. The van der Waals surface area contributed by atoms with E-state index in [-0.39, 0.29) is 12.1 Å². The number of nitrogens with zero attached hydrogens (tertiary/aromatic N) is 1. The van der Waals surface area contributed by atoms with Gasteiger partial charge >= 0.3 is 0 Å². The van der Waals surface area contributed by atoms with E-state index in [4.69, 9.17) is 9.68 Å². The van der Waals surface area contributed by atoms with Crippen molar-refractivity contribution in [2.45, 2.75) is 13.5 Å². The average molecular weight is 272 g/mol. The third-order valence-electron chi connectivity index (χ3n) is 2.55. The van der Waals surface area contributed by atoms with Crippen LogP contribution in [0.5, 0.6) is 0 Å². The number of hydrogen-bond acceptors (Lipinski definition) is 4. The Labute approximate surface area is 115 Å². The topological polar surface area (TPSA) is 66.0 Å². The van der Waals surface area contributed by atoms with Crippen molar-refractivity contribution < 1.29 is 9.21 Å². The van der Waals surface area contributed by atoms with E-state index in [9.17, 15) is 4.79 Å². The van der Waals surface area contributed by atoms with Crippen molar-refractivity contribution in [3.05, 3.63) is 51.6 Å². The Kier molecular flexibility index (Phi) is 4.16. The maximum atomic E-state index is 11.9. The summed E-state index contributed by atoms with van der Waals surface area (Å²) in [6, 6.07) is 7.38. The second-order valence-electron chi connectivity index (χ2n) is 3.90. The van der Waals surface area contributed by atoms with Gasteiger partial charge < -0.3 is 9.73 Å². The van der Waals surface area contributed by atoms with Crippen LogP contribution in [0.2, 0.25) is 0 Å². The number of nitriles is 1. The van der Waals surface area contributed by atoms with Crippen molar-refractivity contribution in [3.8, 4) is 6.07 Å². The molecule has 0 atom stereocenters. The molecule has 0 spiro atoms. The second-order valence-corrected chi connectivity index (χ2v) is 4.85. The highest BCUT2D eigenvalue weighted by Crippen LogP contribution is 2.19. The lowest BCUT2D eigenvalue weighted by Gasteiger charge is -2.01. The monoisotopic (exact) mass is 272 g/mol. The molecule has 0 saturated carbocycles. The van der Waals surface area contributed by atoms with Gasteiger partial charge in [-0.05, 0) is 42.1 Å². The third-order valence-corrected chi connectivity index (χ3v) is 3.51. The van der Waals surface area contributed by atoms with Crippen molar-refractivity contribution in [1.82, 2.24) is 5.32 Å². The van der Waals surface area contributed by atoms with Crippen LogP contribution in [0.3, 0.4) is 0 Å². The molecule has 2 rings (SSSR count). The number of carbonyl (C=O) groups excluding carboxylic acids is 1. The Morgan fingerprint density at radius 3 is 3.00 bits per heavy atom. The van der Waals surface area contributed by atoms with Gasteiger partial charge in [-0.2, -0.15) is 5.26 Å². The summed E-state index contributed by atoms with van der Waals surface area (Å²) in [7, 11) is 0. The molecule has 19 heavy (non-hydrogen) atoms. The Balaban J connectivity index is 2.06. The average Bonchev–Trinajstić information content (AvgIpc) is 3.05. The van der Waals surface area contributed by atoms with Crippen LogP contribution in [0.4, 0.5) is 0 Å². The molecule has 0 aliphatic heterocycles. The second kappa shape index (κ2) is 6.03. The number of nitrogens with one attached hydrogen (secondary N) is 1. The molecule has 0 aliphatic rings. The number of rotatable bonds is 4. The lowest BCUT2D eigenvalue weighted by molar-refractivity contribution is -0.117. The Bertz CT molecular complexity index is 633. The zero-order valence-electron chi connectivity index (χ0n) is 10.3. The third kappa shape index (κ3) is 3.33. The van der Waals surface area contributed by atoms with E-state index in [1.54, 1.807) is 18.2 Å². The molecular formula is C14H12N2O2S. The molecule has 5 heteroatoms. The SMILES string of the molecule is Cc1ccsc1/C=C(\C#N)C(=O)NCc1ccco1. The van der Waals surface area contributed by atoms with Crippen LogP contribution in [0, 0.1) is 18.3 Å². The highest BCUT2D eigenvalue weighted by molar-refractivity contribution is 7.11. The van der Waals surface area contributed by atoms with Crippen LogP contribution < -0.4 is 5.32 Å². The molecule has 1 amide bonds. The molecule has 2 aromatic rings. The van der Waals surface area contributed by atoms with Gasteiger partial charge in [0.25, 0.3) is 5.91 Å². The van der Waals surface area contributed by atoms with Gasteiger partial charge in [0.15, 0.2) is 0 Å². The maximum Gasteiger partial charge on any atom is 0.262 e. The summed E-state index contributed by atoms with van der Waals surface area (Å²) in [5, 5.41) is 13.6. The van der Waals surface area contributed by atoms with Crippen LogP contribution in [-0.2, 0) is 11.3 Å². The van der Waals surface area contributed by atoms with Gasteiger partial charge in [0, 0.05) is 4.88 Å². The van der Waals surface area contributed by atoms with Crippen LogP contribution in [-0.4, -0.2) is 5.91 Å². The standard InChI is InChI=1S/C14H12N2O2S/c1-10-4-6-19-13(10)7-11(8-15)14(17)16-9-12-3-2-5-18-12/h2-7H,9H2,1H3,(H,16,17)/b11-7+. The fourth-order valence-corrected chi connectivity index (χ4v) is 2.35. The lowest BCUT2D eigenvalue weighted by Crippen LogP contribution is -2.23. The quantitative estimate of drug-likeness (QED) is 0.687. The summed E-state index contributed by atoms with van der Waals surface area (Å²) in [6.45, 7) is 2.21. The molecular weight excluding hydrogens is 260 g/mol. The zero-order chi connectivity index (χ0) is 13.7. The van der Waals surface area contributed by atoms with Crippen LogP contribution >= 0.6 is 11.3 Å². The highest BCUT2D eigenvalue weighted by Gasteiger charge is 2.10. The van der Waals surface area contributed by atoms with Gasteiger partial charge in [-0.1, -0.05) is 0 Å². The van der Waals surface area contributed by atoms with E-state index in [0.29, 0.717) is 5.76 Å². The van der Waals surface area contributed by atoms with E-state index in [2.05, 4.69) is 5.32 Å². The van der Waals surface area contributed by atoms with Crippen molar-refractivity contribution in [1.29, 1.82) is 5.26 Å². The minimum absolute atomic E-state index is 0.0945. The first-order chi connectivity index (χ1) is 9.20. The number of furan rings is 1. The van der Waals surface area contributed by atoms with E-state index in [1.807, 2.05) is 24.4 Å². The summed E-state index contributed by atoms with van der Waals surface area (Å²) >= 11 is 1.50. The molecule has 4 nitrogen and oxygen atoms in total. The van der Waals surface area contributed by atoms with Gasteiger partial charge in [-0.25, -0.2) is 0 Å². The first kappa shape index (κ1) is 13.1. The first-order valence-corrected chi connectivity index (χ1v) is 6.55. The molecule has 0 bridgehead atoms. The summed E-state index contributed by atoms with van der Waals surface area (Å²) in [5.74, 6) is 0.254. The zero-order valence-corrected chi connectivity index (χ0v) is 11.2. The summed E-state index contributed by atoms with van der Waals surface area (Å²) in [5.41, 5.74) is 1.15. The molecule has 0 radical (unpaired) electrons. The summed E-state index contributed by atoms with van der Waals surface area (Å²) in [4.78, 5) is 12.8. The number of aryl methyl sites for hydroxylation is 1. The molecule has 96 valence electrons. The Hall–Kier alpha value is -2.32. The fraction of sp³-hybridized carbons (Fsp3) is 0.143. The normalized spacial score (nSPS) is 11.1. The van der Waals surface area contributed by atoms with Crippen molar-refractivity contribution in [2.24, 2.45) is 0 Å². The van der Waals surface area contributed by atoms with Crippen LogP contribution in [0.1, 0.15) is 16.2 Å². The number of amides is 1. The number of carbonyl (C=O) groups is 1. The molecule has 2 heterocycles. The predicted molar refractivity (Wildman–Crippen MR) is 73.2 cm³/mol. The minimum Gasteiger partial charge on any atom is -0.467 e. The molecule has 0 unspecified atom stereocenters. The van der Waals surface area contributed by atoms with E-state index in [0.717, 1.165) is 10.4 Å². The van der Waals surface area contributed by atoms with Gasteiger partial charge in [0.1, 0.15) is 17.4 Å². The van der Waals surface area contributed by atoms with Crippen molar-refractivity contribution >= 4 is 23.3 Å². The van der Waals surface area contributed by atoms with Gasteiger partial charge in [0.2, 0.25) is 0 Å². The lowest BCUT2D eigenvalue weighted by atomic mass is 10.2. The van der Waals surface area contributed by atoms with Crippen LogP contribution in [0.25, 0.3) is 6.08 Å². The smallest absolute Gasteiger partial charge is 0.262 e. The van der Waals surface area contributed by atoms with Crippen LogP contribution in [0.15, 0.2) is 39.8 Å². The number of hydrogen-bond donors (Lipinski definition) is 1. The van der Waals surface area contributed by atoms with Gasteiger partial charge in [-0.3, -0.25) is 4.79 Å². The van der Waals surface area contributed by atoms with Gasteiger partial charge in [0.05, 0.1) is 12.8 Å². The van der Waals surface area contributed by atoms with Crippen molar-refractivity contribution in [3.63, 3.8) is 0 Å². The van der Waals surface area contributed by atoms with E-state index in [1.165, 1.54) is 17.6 Å². The Morgan fingerprint density at radius 1 is 1.58 bits per heavy atom. The molecule has 0 fully saturated rings. The summed E-state index contributed by atoms with van der Waals surface area (Å²) in [6.07, 6.45) is 3.15. The predicted octanol–water partition coefficient (Wildman–Crippen LogP) is 2.87. The number of thiophene rings is 1. The molecule has 0 saturated heterocycles. The first-order valence-electron chi connectivity index (χ1n) is 5.67.